The lowest BCUT2D eigenvalue weighted by Gasteiger charge is -2.08. The van der Waals surface area contributed by atoms with Crippen molar-refractivity contribution >= 4 is 53.5 Å². The molecule has 2 heterocycles. The van der Waals surface area contributed by atoms with Crippen molar-refractivity contribution in [2.24, 2.45) is 0 Å². The lowest BCUT2D eigenvalue weighted by molar-refractivity contribution is 0.385. The molecule has 0 radical (unpaired) electrons. The van der Waals surface area contributed by atoms with E-state index in [0.717, 1.165) is 9.37 Å². The number of aromatic nitrogens is 2. The molecule has 2 aromatic carbocycles. The van der Waals surface area contributed by atoms with Crippen molar-refractivity contribution in [3.05, 3.63) is 94.1 Å². The molecule has 2 aromatic heterocycles. The summed E-state index contributed by atoms with van der Waals surface area (Å²) in [7, 11) is -0.602. The van der Waals surface area contributed by atoms with Gasteiger partial charge < -0.3 is 9.47 Å². The predicted molar refractivity (Wildman–Crippen MR) is 139 cm³/mol. The van der Waals surface area contributed by atoms with Crippen LogP contribution in [0, 0.1) is 0 Å². The fourth-order valence-electron chi connectivity index (χ4n) is 2.73. The minimum absolute atomic E-state index is 0.0468. The van der Waals surface area contributed by atoms with Gasteiger partial charge in [0.25, 0.3) is 0 Å². The molecule has 0 aliphatic carbocycles. The molecular weight excluding hydrogens is 604 g/mol. The van der Waals surface area contributed by atoms with Crippen LogP contribution in [0.25, 0.3) is 0 Å². The smallest absolute Gasteiger partial charge is 0.232 e. The van der Waals surface area contributed by atoms with Crippen LogP contribution < -0.4 is 9.47 Å². The molecule has 6 nitrogen and oxygen atoms in total. The van der Waals surface area contributed by atoms with Crippen molar-refractivity contribution in [1.29, 1.82) is 0 Å². The van der Waals surface area contributed by atoms with E-state index in [9.17, 15) is 8.42 Å². The Hall–Kier alpha value is -2.40. The van der Waals surface area contributed by atoms with E-state index >= 15 is 0 Å². The van der Waals surface area contributed by atoms with E-state index in [1.165, 1.54) is 36.4 Å². The van der Waals surface area contributed by atoms with Crippen molar-refractivity contribution in [3.63, 3.8) is 0 Å². The molecule has 0 spiro atoms. The second-order valence-corrected chi connectivity index (χ2v) is 11.4. The van der Waals surface area contributed by atoms with Gasteiger partial charge in [-0.25, -0.2) is 18.4 Å². The van der Waals surface area contributed by atoms with Gasteiger partial charge in [-0.1, -0.05) is 48.2 Å². The van der Waals surface area contributed by atoms with Gasteiger partial charge in [-0.15, -0.1) is 0 Å². The molecule has 0 saturated heterocycles. The van der Waals surface area contributed by atoms with Crippen LogP contribution in [0.2, 0.25) is 0 Å². The molecule has 10 heteroatoms. The van der Waals surface area contributed by atoms with E-state index < -0.39 is 9.84 Å². The number of halogens is 2. The summed E-state index contributed by atoms with van der Waals surface area (Å²) in [6.07, 6.45) is 3.22. The number of nitrogens with zero attached hydrogens (tertiary/aromatic N) is 2. The van der Waals surface area contributed by atoms with E-state index in [-0.39, 0.29) is 15.7 Å². The maximum absolute atomic E-state index is 12.4. The fourth-order valence-corrected chi connectivity index (χ4v) is 6.07. The third kappa shape index (κ3) is 6.82. The molecule has 0 bridgehead atoms. The monoisotopic (exact) mass is 622 g/mol. The molecule has 176 valence electrons. The summed E-state index contributed by atoms with van der Waals surface area (Å²) in [4.78, 5) is 10.6. The Morgan fingerprint density at radius 1 is 0.765 bits per heavy atom. The van der Waals surface area contributed by atoms with Crippen molar-refractivity contribution in [2.45, 2.75) is 19.6 Å². The van der Waals surface area contributed by atoms with Crippen molar-refractivity contribution in [3.8, 4) is 11.8 Å². The first-order valence-electron chi connectivity index (χ1n) is 9.77. The molecule has 0 aliphatic rings. The zero-order chi connectivity index (χ0) is 24.6. The normalized spacial score (nSPS) is 10.7. The number of methoxy groups -OCH3 is 2. The van der Waals surface area contributed by atoms with Crippen molar-refractivity contribution in [2.75, 3.05) is 14.2 Å². The molecule has 0 atom stereocenters. The summed E-state index contributed by atoms with van der Waals surface area (Å²) in [5.41, 5.74) is 0. The Morgan fingerprint density at radius 2 is 1.29 bits per heavy atom. The summed E-state index contributed by atoms with van der Waals surface area (Å²) in [5, 5.41) is 0. The Bertz CT molecular complexity index is 1340. The van der Waals surface area contributed by atoms with Gasteiger partial charge in [0.15, 0.2) is 0 Å². The van der Waals surface area contributed by atoms with Gasteiger partial charge in [0.1, 0.15) is 4.90 Å². The first-order chi connectivity index (χ1) is 16.3. The number of sulfone groups is 1. The van der Waals surface area contributed by atoms with E-state index in [0.29, 0.717) is 10.4 Å². The molecule has 0 fully saturated rings. The van der Waals surface area contributed by atoms with Crippen LogP contribution in [0.1, 0.15) is 0 Å². The predicted octanol–water partition coefficient (Wildman–Crippen LogP) is 6.69. The van der Waals surface area contributed by atoms with Gasteiger partial charge in [0.2, 0.25) is 21.6 Å². The number of benzene rings is 2. The summed E-state index contributed by atoms with van der Waals surface area (Å²) < 4.78 is 36.6. The molecule has 0 unspecified atom stereocenters. The number of hydrogen-bond donors (Lipinski definition) is 0. The maximum Gasteiger partial charge on any atom is 0.232 e. The lowest BCUT2D eigenvalue weighted by atomic mass is 10.4. The number of pyridine rings is 2. The van der Waals surface area contributed by atoms with Crippen molar-refractivity contribution < 1.29 is 17.9 Å². The Morgan fingerprint density at radius 3 is 1.88 bits per heavy atom. The largest absolute Gasteiger partial charge is 0.480 e. The lowest BCUT2D eigenvalue weighted by Crippen LogP contribution is -2.05. The average molecular weight is 624 g/mol. The number of hydrogen-bond acceptors (Lipinski definition) is 7. The molecule has 0 amide bonds. The molecule has 4 aromatic rings. The Labute approximate surface area is 219 Å². The second kappa shape index (κ2) is 12.3. The molecule has 0 aliphatic heterocycles. The maximum atomic E-state index is 12.4. The van der Waals surface area contributed by atoms with Crippen LogP contribution in [0.5, 0.6) is 11.8 Å². The van der Waals surface area contributed by atoms with Crippen LogP contribution in [0.15, 0.2) is 114 Å². The highest BCUT2D eigenvalue weighted by molar-refractivity contribution is 9.10. The minimum Gasteiger partial charge on any atom is -0.480 e. The number of rotatable bonds is 6. The molecule has 4 rings (SSSR count). The van der Waals surface area contributed by atoms with Crippen LogP contribution in [-0.2, 0) is 9.84 Å². The first kappa shape index (κ1) is 26.2. The van der Waals surface area contributed by atoms with Crippen molar-refractivity contribution in [1.82, 2.24) is 9.97 Å². The highest BCUT2D eigenvalue weighted by Crippen LogP contribution is 2.35. The third-order valence-corrected chi connectivity index (χ3v) is 7.92. The molecule has 0 saturated carbocycles. The second-order valence-electron chi connectivity index (χ2n) is 6.55. The molecule has 34 heavy (non-hydrogen) atoms. The van der Waals surface area contributed by atoms with Gasteiger partial charge in [-0.2, -0.15) is 0 Å². The summed E-state index contributed by atoms with van der Waals surface area (Å²) in [6, 6.07) is 21.8. The van der Waals surface area contributed by atoms with Gasteiger partial charge in [0, 0.05) is 26.2 Å². The minimum atomic E-state index is -3.62. The summed E-state index contributed by atoms with van der Waals surface area (Å²) >= 11 is 8.25. The quantitative estimate of drug-likeness (QED) is 0.237. The van der Waals surface area contributed by atoms with E-state index in [1.807, 2.05) is 24.3 Å². The zero-order valence-electron chi connectivity index (χ0n) is 18.2. The van der Waals surface area contributed by atoms with Crippen LogP contribution in [0.3, 0.4) is 0 Å². The summed E-state index contributed by atoms with van der Waals surface area (Å²) in [5.74, 6) is 0.735. The van der Waals surface area contributed by atoms with Gasteiger partial charge in [-0.05, 0) is 68.3 Å². The van der Waals surface area contributed by atoms with Crippen LogP contribution in [-0.4, -0.2) is 32.6 Å². The average Bonchev–Trinajstić information content (AvgIpc) is 2.86. The summed E-state index contributed by atoms with van der Waals surface area (Å²) in [6.45, 7) is 0. The fraction of sp³-hybridized carbons (Fsp3) is 0.0833. The third-order valence-electron chi connectivity index (χ3n) is 4.27. The van der Waals surface area contributed by atoms with E-state index in [2.05, 4.69) is 54.0 Å². The van der Waals surface area contributed by atoms with Crippen LogP contribution >= 0.6 is 43.6 Å². The topological polar surface area (TPSA) is 78.4 Å². The number of ether oxygens (including phenoxy) is 2. The van der Waals surface area contributed by atoms with Gasteiger partial charge in [0.05, 0.1) is 24.0 Å². The van der Waals surface area contributed by atoms with E-state index in [4.69, 9.17) is 9.47 Å². The van der Waals surface area contributed by atoms with E-state index in [1.54, 1.807) is 43.3 Å². The SMILES string of the molecule is COc1ncc(Br)cc1S(=O)(=O)c1ccccc1.COc1ncc(Br)cc1Sc1ccccc1. The standard InChI is InChI=1S/C12H10BrNO3S.C12H10BrNOS/c1-17-12-11(7-9(13)8-14-12)18(15,16)10-5-3-2-4-6-10;1-15-12-11(7-9(13)8-14-12)16-10-5-3-2-4-6-10/h2-8H,1H3;2-8H,1H3. The molecule has 0 N–H and O–H groups in total. The zero-order valence-corrected chi connectivity index (χ0v) is 23.0. The van der Waals surface area contributed by atoms with Gasteiger partial charge >= 0.3 is 0 Å². The highest BCUT2D eigenvalue weighted by atomic mass is 79.9. The Balaban J connectivity index is 0.000000192. The highest BCUT2D eigenvalue weighted by Gasteiger charge is 2.23. The van der Waals surface area contributed by atoms with Gasteiger partial charge in [-0.3, -0.25) is 0 Å². The molecular formula is C24H20Br2N2O4S2. The van der Waals surface area contributed by atoms with Crippen LogP contribution in [0.4, 0.5) is 0 Å². The first-order valence-corrected chi connectivity index (χ1v) is 13.7. The Kier molecular flexibility index (Phi) is 9.52.